The molecule has 0 saturated heterocycles. The Morgan fingerprint density at radius 3 is 2.60 bits per heavy atom. The minimum absolute atomic E-state index is 0.312. The molecule has 0 spiro atoms. The van der Waals surface area contributed by atoms with E-state index < -0.39 is 17.5 Å². The monoisotopic (exact) mass is 283 g/mol. The second kappa shape index (κ2) is 6.36. The van der Waals surface area contributed by atoms with E-state index in [0.717, 1.165) is 0 Å². The highest BCUT2D eigenvalue weighted by molar-refractivity contribution is 5.85. The number of aliphatic carboxylic acids is 1. The van der Waals surface area contributed by atoms with Gasteiger partial charge in [0, 0.05) is 26.6 Å². The highest BCUT2D eigenvalue weighted by Crippen LogP contribution is 2.14. The number of rotatable bonds is 6. The largest absolute Gasteiger partial charge is 0.480 e. The number of carboxylic acids is 1. The molecule has 0 unspecified atom stereocenters. The molecule has 1 rings (SSSR count). The summed E-state index contributed by atoms with van der Waals surface area (Å²) < 4.78 is 1.59. The predicted octanol–water partition coefficient (Wildman–Crippen LogP) is 0.252. The van der Waals surface area contributed by atoms with Crippen molar-refractivity contribution in [1.29, 1.82) is 0 Å². The standard InChI is InChI=1S/C12H21N5O3/c1-5-17(12(2,3)10(18)19)11(20)13-7-6-9-14-8-16(4)15-9/h8H,5-7H2,1-4H3,(H,13,20)(H,18,19). The first kappa shape index (κ1) is 15.9. The number of nitrogens with zero attached hydrogens (tertiary/aromatic N) is 4. The summed E-state index contributed by atoms with van der Waals surface area (Å²) in [4.78, 5) is 28.5. The van der Waals surface area contributed by atoms with E-state index in [1.165, 1.54) is 18.7 Å². The van der Waals surface area contributed by atoms with Crippen LogP contribution >= 0.6 is 0 Å². The van der Waals surface area contributed by atoms with Gasteiger partial charge in [-0.1, -0.05) is 0 Å². The Hall–Kier alpha value is -2.12. The van der Waals surface area contributed by atoms with Crippen LogP contribution in [-0.2, 0) is 18.3 Å². The van der Waals surface area contributed by atoms with E-state index in [1.807, 2.05) is 0 Å². The Morgan fingerprint density at radius 2 is 2.15 bits per heavy atom. The number of hydrogen-bond donors (Lipinski definition) is 2. The van der Waals surface area contributed by atoms with Crippen LogP contribution in [0.2, 0.25) is 0 Å². The third-order valence-electron chi connectivity index (χ3n) is 3.03. The first-order valence-electron chi connectivity index (χ1n) is 6.42. The number of nitrogens with one attached hydrogen (secondary N) is 1. The van der Waals surface area contributed by atoms with Crippen molar-refractivity contribution in [3.63, 3.8) is 0 Å². The summed E-state index contributed by atoms with van der Waals surface area (Å²) in [5.41, 5.74) is -1.25. The molecule has 0 saturated carbocycles. The molecule has 0 fully saturated rings. The maximum absolute atomic E-state index is 12.0. The molecule has 20 heavy (non-hydrogen) atoms. The van der Waals surface area contributed by atoms with Gasteiger partial charge in [-0.15, -0.1) is 0 Å². The van der Waals surface area contributed by atoms with Crippen molar-refractivity contribution in [1.82, 2.24) is 25.0 Å². The molecular weight excluding hydrogens is 262 g/mol. The topological polar surface area (TPSA) is 100 Å². The summed E-state index contributed by atoms with van der Waals surface area (Å²) in [5.74, 6) is -0.408. The third-order valence-corrected chi connectivity index (χ3v) is 3.03. The molecule has 0 bridgehead atoms. The fourth-order valence-corrected chi connectivity index (χ4v) is 1.78. The number of urea groups is 1. The molecule has 0 aliphatic carbocycles. The zero-order chi connectivity index (χ0) is 15.3. The molecule has 0 radical (unpaired) electrons. The maximum Gasteiger partial charge on any atom is 0.329 e. The molecule has 0 atom stereocenters. The van der Waals surface area contributed by atoms with Crippen LogP contribution in [0.3, 0.4) is 0 Å². The summed E-state index contributed by atoms with van der Waals surface area (Å²) in [7, 11) is 1.77. The lowest BCUT2D eigenvalue weighted by Crippen LogP contribution is -2.56. The van der Waals surface area contributed by atoms with Crippen LogP contribution in [0.5, 0.6) is 0 Å². The second-order valence-electron chi connectivity index (χ2n) is 4.92. The van der Waals surface area contributed by atoms with Crippen LogP contribution in [0.1, 0.15) is 26.6 Å². The molecule has 1 aromatic heterocycles. The van der Waals surface area contributed by atoms with Crippen LogP contribution in [0.25, 0.3) is 0 Å². The lowest BCUT2D eigenvalue weighted by atomic mass is 10.0. The number of carboxylic acid groups (broad SMARTS) is 1. The number of carbonyl (C=O) groups excluding carboxylic acids is 1. The van der Waals surface area contributed by atoms with Gasteiger partial charge in [-0.25, -0.2) is 14.6 Å². The molecular formula is C12H21N5O3. The minimum atomic E-state index is -1.25. The summed E-state index contributed by atoms with van der Waals surface area (Å²) in [6.45, 7) is 5.41. The highest BCUT2D eigenvalue weighted by Gasteiger charge is 2.36. The quantitative estimate of drug-likeness (QED) is 0.779. The zero-order valence-corrected chi connectivity index (χ0v) is 12.3. The first-order valence-corrected chi connectivity index (χ1v) is 6.42. The van der Waals surface area contributed by atoms with Crippen molar-refractivity contribution in [2.24, 2.45) is 7.05 Å². The average molecular weight is 283 g/mol. The molecule has 0 aromatic carbocycles. The normalized spacial score (nSPS) is 11.2. The van der Waals surface area contributed by atoms with E-state index in [9.17, 15) is 9.59 Å². The van der Waals surface area contributed by atoms with Crippen molar-refractivity contribution in [3.05, 3.63) is 12.2 Å². The number of aromatic nitrogens is 3. The Morgan fingerprint density at radius 1 is 1.50 bits per heavy atom. The molecule has 2 amide bonds. The van der Waals surface area contributed by atoms with E-state index >= 15 is 0 Å². The SMILES string of the molecule is CCN(C(=O)NCCc1ncn(C)n1)C(C)(C)C(=O)O. The van der Waals surface area contributed by atoms with Crippen molar-refractivity contribution in [3.8, 4) is 0 Å². The molecule has 112 valence electrons. The fourth-order valence-electron chi connectivity index (χ4n) is 1.78. The molecule has 0 aliphatic rings. The van der Waals surface area contributed by atoms with E-state index in [1.54, 1.807) is 25.0 Å². The van der Waals surface area contributed by atoms with Gasteiger partial charge in [-0.3, -0.25) is 4.68 Å². The number of carbonyl (C=O) groups is 2. The fraction of sp³-hybridized carbons (Fsp3) is 0.667. The molecule has 8 nitrogen and oxygen atoms in total. The zero-order valence-electron chi connectivity index (χ0n) is 12.3. The van der Waals surface area contributed by atoms with E-state index in [2.05, 4.69) is 15.4 Å². The summed E-state index contributed by atoms with van der Waals surface area (Å²) in [5, 5.41) is 15.9. The van der Waals surface area contributed by atoms with Gasteiger partial charge < -0.3 is 15.3 Å². The lowest BCUT2D eigenvalue weighted by molar-refractivity contribution is -0.147. The van der Waals surface area contributed by atoms with Gasteiger partial charge >= 0.3 is 12.0 Å². The molecule has 8 heteroatoms. The first-order chi connectivity index (χ1) is 9.28. The van der Waals surface area contributed by atoms with E-state index in [-0.39, 0.29) is 0 Å². The van der Waals surface area contributed by atoms with Crippen LogP contribution in [0, 0.1) is 0 Å². The van der Waals surface area contributed by atoms with Gasteiger partial charge in [0.15, 0.2) is 5.82 Å². The van der Waals surface area contributed by atoms with Gasteiger partial charge in [-0.2, -0.15) is 5.10 Å². The number of hydrogen-bond acceptors (Lipinski definition) is 4. The number of amides is 2. The van der Waals surface area contributed by atoms with Crippen LogP contribution in [-0.4, -0.2) is 55.4 Å². The number of likely N-dealkylation sites (N-methyl/N-ethyl adjacent to an activating group) is 1. The van der Waals surface area contributed by atoms with Gasteiger partial charge in [0.25, 0.3) is 0 Å². The highest BCUT2D eigenvalue weighted by atomic mass is 16.4. The van der Waals surface area contributed by atoms with Crippen LogP contribution in [0.15, 0.2) is 6.33 Å². The minimum Gasteiger partial charge on any atom is -0.480 e. The summed E-state index contributed by atoms with van der Waals surface area (Å²) in [6.07, 6.45) is 2.08. The Kier molecular flexibility index (Phi) is 5.06. The van der Waals surface area contributed by atoms with Crippen molar-refractivity contribution < 1.29 is 14.7 Å². The second-order valence-corrected chi connectivity index (χ2v) is 4.92. The van der Waals surface area contributed by atoms with Gasteiger partial charge in [-0.05, 0) is 20.8 Å². The van der Waals surface area contributed by atoms with Gasteiger partial charge in [0.05, 0.1) is 0 Å². The van der Waals surface area contributed by atoms with Gasteiger partial charge in [0.1, 0.15) is 11.9 Å². The Labute approximate surface area is 117 Å². The van der Waals surface area contributed by atoms with Crippen molar-refractivity contribution in [2.75, 3.05) is 13.1 Å². The van der Waals surface area contributed by atoms with Gasteiger partial charge in [0.2, 0.25) is 0 Å². The molecule has 2 N–H and O–H groups in total. The molecule has 1 aromatic rings. The third kappa shape index (κ3) is 3.69. The van der Waals surface area contributed by atoms with Crippen molar-refractivity contribution in [2.45, 2.75) is 32.7 Å². The Bertz CT molecular complexity index is 483. The van der Waals surface area contributed by atoms with E-state index in [0.29, 0.717) is 25.3 Å². The van der Waals surface area contributed by atoms with Crippen LogP contribution < -0.4 is 5.32 Å². The van der Waals surface area contributed by atoms with Crippen molar-refractivity contribution >= 4 is 12.0 Å². The average Bonchev–Trinajstić information content (AvgIpc) is 2.75. The van der Waals surface area contributed by atoms with Crippen LogP contribution in [0.4, 0.5) is 4.79 Å². The van der Waals surface area contributed by atoms with E-state index in [4.69, 9.17) is 5.11 Å². The predicted molar refractivity (Wildman–Crippen MR) is 72.2 cm³/mol. The molecule has 0 aliphatic heterocycles. The summed E-state index contributed by atoms with van der Waals surface area (Å²) in [6, 6.07) is -0.407. The lowest BCUT2D eigenvalue weighted by Gasteiger charge is -2.34. The molecule has 1 heterocycles. The summed E-state index contributed by atoms with van der Waals surface area (Å²) >= 11 is 0. The maximum atomic E-state index is 12.0. The number of aryl methyl sites for hydroxylation is 1. The smallest absolute Gasteiger partial charge is 0.329 e. The Balaban J connectivity index is 2.54.